The molecule has 3 aromatic rings. The number of amides is 1. The van der Waals surface area contributed by atoms with E-state index in [4.69, 9.17) is 4.74 Å². The van der Waals surface area contributed by atoms with E-state index in [0.717, 1.165) is 47.4 Å². The highest BCUT2D eigenvalue weighted by atomic mass is 16.5. The van der Waals surface area contributed by atoms with Gasteiger partial charge in [0.05, 0.1) is 5.69 Å². The van der Waals surface area contributed by atoms with Gasteiger partial charge in [0.1, 0.15) is 0 Å². The highest BCUT2D eigenvalue weighted by Crippen LogP contribution is 2.27. The average molecular weight is 350 g/mol. The molecule has 0 N–H and O–H groups in total. The smallest absolute Gasteiger partial charge is 0.264 e. The molecule has 0 bridgehead atoms. The quantitative estimate of drug-likeness (QED) is 0.729. The molecular weight excluding hydrogens is 328 g/mol. The zero-order valence-electron chi connectivity index (χ0n) is 15.3. The molecule has 0 saturated heterocycles. The van der Waals surface area contributed by atoms with Crippen molar-refractivity contribution in [1.82, 2.24) is 14.8 Å². The highest BCUT2D eigenvalue weighted by Gasteiger charge is 2.22. The third kappa shape index (κ3) is 2.81. The van der Waals surface area contributed by atoms with E-state index in [1.807, 2.05) is 50.1 Å². The van der Waals surface area contributed by atoms with E-state index in [9.17, 15) is 4.79 Å². The van der Waals surface area contributed by atoms with E-state index >= 15 is 0 Å². The van der Waals surface area contributed by atoms with Gasteiger partial charge in [0, 0.05) is 30.7 Å². The number of pyridine rings is 1. The number of benzene rings is 1. The van der Waals surface area contributed by atoms with Gasteiger partial charge in [-0.1, -0.05) is 18.2 Å². The third-order valence-electron chi connectivity index (χ3n) is 4.90. The Morgan fingerprint density at radius 2 is 2.08 bits per heavy atom. The number of anilines is 1. The Morgan fingerprint density at radius 1 is 1.27 bits per heavy atom. The normalized spacial score (nSPS) is 13.7. The standard InChI is InChI=1S/C20H22N4O2/c1-13-11-17(21-20-19(13)14(2)22-23(20)3)26-12-18(25)24-10-6-8-15-7-4-5-9-16(15)24/h4-5,7,9,11H,6,8,10,12H2,1-3H3. The molecule has 1 aliphatic heterocycles. The summed E-state index contributed by atoms with van der Waals surface area (Å²) < 4.78 is 7.49. The lowest BCUT2D eigenvalue weighted by Gasteiger charge is -2.29. The Morgan fingerprint density at radius 3 is 2.92 bits per heavy atom. The van der Waals surface area contributed by atoms with Crippen molar-refractivity contribution in [3.63, 3.8) is 0 Å². The number of ether oxygens (including phenoxy) is 1. The third-order valence-corrected chi connectivity index (χ3v) is 4.90. The number of aryl methyl sites for hydroxylation is 4. The van der Waals surface area contributed by atoms with Crippen molar-refractivity contribution in [3.05, 3.63) is 47.2 Å². The molecule has 3 heterocycles. The molecule has 6 heteroatoms. The number of para-hydroxylation sites is 1. The Kier molecular flexibility index (Phi) is 4.11. The van der Waals surface area contributed by atoms with Crippen LogP contribution < -0.4 is 9.64 Å². The van der Waals surface area contributed by atoms with Gasteiger partial charge in [-0.05, 0) is 43.9 Å². The number of hydrogen-bond acceptors (Lipinski definition) is 4. The maximum Gasteiger partial charge on any atom is 0.264 e. The van der Waals surface area contributed by atoms with Gasteiger partial charge < -0.3 is 9.64 Å². The molecule has 26 heavy (non-hydrogen) atoms. The molecule has 1 aromatic carbocycles. The Bertz CT molecular complexity index is 993. The maximum absolute atomic E-state index is 12.7. The fourth-order valence-corrected chi connectivity index (χ4v) is 3.71. The second kappa shape index (κ2) is 6.44. The van der Waals surface area contributed by atoms with Crippen LogP contribution in [0, 0.1) is 13.8 Å². The summed E-state index contributed by atoms with van der Waals surface area (Å²) in [5.41, 5.74) is 4.97. The van der Waals surface area contributed by atoms with E-state index in [1.165, 1.54) is 5.56 Å². The number of carbonyl (C=O) groups is 1. The summed E-state index contributed by atoms with van der Waals surface area (Å²) in [6.07, 6.45) is 1.98. The highest BCUT2D eigenvalue weighted by molar-refractivity contribution is 5.95. The summed E-state index contributed by atoms with van der Waals surface area (Å²) in [6.45, 7) is 4.68. The molecule has 1 amide bonds. The number of aromatic nitrogens is 3. The van der Waals surface area contributed by atoms with Gasteiger partial charge in [0.2, 0.25) is 5.88 Å². The average Bonchev–Trinajstić information content (AvgIpc) is 2.93. The van der Waals surface area contributed by atoms with Crippen LogP contribution in [-0.2, 0) is 18.3 Å². The van der Waals surface area contributed by atoms with Crippen molar-refractivity contribution in [2.45, 2.75) is 26.7 Å². The van der Waals surface area contributed by atoms with Gasteiger partial charge in [-0.15, -0.1) is 0 Å². The zero-order valence-corrected chi connectivity index (χ0v) is 15.3. The predicted molar refractivity (Wildman–Crippen MR) is 101 cm³/mol. The van der Waals surface area contributed by atoms with Crippen LogP contribution in [0.3, 0.4) is 0 Å². The molecule has 0 atom stereocenters. The topological polar surface area (TPSA) is 60.2 Å². The van der Waals surface area contributed by atoms with E-state index in [0.29, 0.717) is 5.88 Å². The minimum absolute atomic E-state index is 0.0247. The Hall–Kier alpha value is -2.89. The fraction of sp³-hybridized carbons (Fsp3) is 0.350. The van der Waals surface area contributed by atoms with E-state index in [-0.39, 0.29) is 12.5 Å². The van der Waals surface area contributed by atoms with E-state index < -0.39 is 0 Å². The SMILES string of the molecule is Cc1cc(OCC(=O)N2CCCc3ccccc32)nc2c1c(C)nn2C. The first kappa shape index (κ1) is 16.6. The fourth-order valence-electron chi connectivity index (χ4n) is 3.71. The van der Waals surface area contributed by atoms with Gasteiger partial charge in [0.15, 0.2) is 12.3 Å². The molecule has 0 spiro atoms. The van der Waals surface area contributed by atoms with Crippen LogP contribution in [-0.4, -0.2) is 33.8 Å². The maximum atomic E-state index is 12.7. The van der Waals surface area contributed by atoms with Crippen LogP contribution in [0.4, 0.5) is 5.69 Å². The zero-order chi connectivity index (χ0) is 18.3. The Balaban J connectivity index is 1.54. The molecule has 1 aliphatic rings. The first-order valence-corrected chi connectivity index (χ1v) is 8.86. The molecule has 0 radical (unpaired) electrons. The largest absolute Gasteiger partial charge is 0.467 e. The van der Waals surface area contributed by atoms with Gasteiger partial charge in [-0.3, -0.25) is 9.48 Å². The summed E-state index contributed by atoms with van der Waals surface area (Å²) in [5, 5.41) is 5.45. The molecule has 6 nitrogen and oxygen atoms in total. The van der Waals surface area contributed by atoms with Crippen molar-refractivity contribution in [3.8, 4) is 5.88 Å². The molecule has 4 rings (SSSR count). The predicted octanol–water partition coefficient (Wildman–Crippen LogP) is 2.94. The van der Waals surface area contributed by atoms with Crippen LogP contribution >= 0.6 is 0 Å². The molecule has 0 aliphatic carbocycles. The van der Waals surface area contributed by atoms with Crippen LogP contribution in [0.15, 0.2) is 30.3 Å². The lowest BCUT2D eigenvalue weighted by molar-refractivity contribution is -0.120. The summed E-state index contributed by atoms with van der Waals surface area (Å²) >= 11 is 0. The lowest BCUT2D eigenvalue weighted by Crippen LogP contribution is -2.38. The number of fused-ring (bicyclic) bond motifs is 2. The summed E-state index contributed by atoms with van der Waals surface area (Å²) in [7, 11) is 1.86. The molecule has 0 unspecified atom stereocenters. The molecular formula is C20H22N4O2. The van der Waals surface area contributed by atoms with Crippen molar-refractivity contribution < 1.29 is 9.53 Å². The van der Waals surface area contributed by atoms with Crippen LogP contribution in [0.1, 0.15) is 23.2 Å². The summed E-state index contributed by atoms with van der Waals surface area (Å²) in [4.78, 5) is 19.1. The number of rotatable bonds is 3. The van der Waals surface area contributed by atoms with Crippen LogP contribution in [0.25, 0.3) is 11.0 Å². The molecule has 0 fully saturated rings. The number of nitrogens with zero attached hydrogens (tertiary/aromatic N) is 4. The van der Waals surface area contributed by atoms with E-state index in [1.54, 1.807) is 4.68 Å². The molecule has 134 valence electrons. The van der Waals surface area contributed by atoms with Crippen LogP contribution in [0.5, 0.6) is 5.88 Å². The minimum Gasteiger partial charge on any atom is -0.467 e. The van der Waals surface area contributed by atoms with Gasteiger partial charge in [-0.25, -0.2) is 0 Å². The lowest BCUT2D eigenvalue weighted by atomic mass is 10.0. The second-order valence-electron chi connectivity index (χ2n) is 6.75. The Labute approximate surface area is 152 Å². The minimum atomic E-state index is -0.0436. The van der Waals surface area contributed by atoms with Gasteiger partial charge in [0.25, 0.3) is 5.91 Å². The first-order valence-electron chi connectivity index (χ1n) is 8.86. The van der Waals surface area contributed by atoms with Crippen molar-refractivity contribution >= 4 is 22.6 Å². The number of carbonyl (C=O) groups excluding carboxylic acids is 1. The summed E-state index contributed by atoms with van der Waals surface area (Å²) in [6, 6.07) is 9.93. The first-order chi connectivity index (χ1) is 12.5. The molecule has 0 saturated carbocycles. The van der Waals surface area contributed by atoms with Gasteiger partial charge >= 0.3 is 0 Å². The van der Waals surface area contributed by atoms with Crippen molar-refractivity contribution in [2.75, 3.05) is 18.1 Å². The monoisotopic (exact) mass is 350 g/mol. The number of hydrogen-bond donors (Lipinski definition) is 0. The van der Waals surface area contributed by atoms with Crippen molar-refractivity contribution in [1.29, 1.82) is 0 Å². The molecule has 2 aromatic heterocycles. The second-order valence-corrected chi connectivity index (χ2v) is 6.75. The summed E-state index contributed by atoms with van der Waals surface area (Å²) in [5.74, 6) is 0.412. The van der Waals surface area contributed by atoms with Crippen LogP contribution in [0.2, 0.25) is 0 Å². The van der Waals surface area contributed by atoms with Gasteiger partial charge in [-0.2, -0.15) is 10.1 Å². The van der Waals surface area contributed by atoms with Crippen molar-refractivity contribution in [2.24, 2.45) is 7.05 Å². The van der Waals surface area contributed by atoms with E-state index in [2.05, 4.69) is 16.1 Å².